The van der Waals surface area contributed by atoms with Crippen LogP contribution in [0.3, 0.4) is 0 Å². The molecule has 2 nitrogen and oxygen atoms in total. The number of hydrogen-bond donors (Lipinski definition) is 2. The van der Waals surface area contributed by atoms with Crippen molar-refractivity contribution in [1.29, 1.82) is 0 Å². The second-order valence-corrected chi connectivity index (χ2v) is 3.98. The third-order valence-electron chi connectivity index (χ3n) is 1.63. The van der Waals surface area contributed by atoms with Gasteiger partial charge in [0.15, 0.2) is 5.78 Å². The molecule has 0 aliphatic rings. The maximum atomic E-state index is 11.5. The summed E-state index contributed by atoms with van der Waals surface area (Å²) in [5.74, 6) is 0.918. The van der Waals surface area contributed by atoms with Crippen LogP contribution in [-0.4, -0.2) is 23.6 Å². The highest BCUT2D eigenvalue weighted by atomic mass is 32.1. The molecule has 0 fully saturated rings. The topological polar surface area (TPSA) is 29.1 Å². The van der Waals surface area contributed by atoms with Crippen LogP contribution in [0.4, 0.5) is 0 Å². The SMILES string of the molecule is CC(C)N[C@H](CS)C(=O)C(C)C. The first-order valence-corrected chi connectivity index (χ1v) is 5.03. The number of rotatable bonds is 5. The van der Waals surface area contributed by atoms with Gasteiger partial charge in [0.05, 0.1) is 6.04 Å². The summed E-state index contributed by atoms with van der Waals surface area (Å²) in [6.07, 6.45) is 0. The van der Waals surface area contributed by atoms with Crippen molar-refractivity contribution in [1.82, 2.24) is 5.32 Å². The lowest BCUT2D eigenvalue weighted by molar-refractivity contribution is -0.123. The molecule has 0 aromatic rings. The van der Waals surface area contributed by atoms with Gasteiger partial charge in [0.2, 0.25) is 0 Å². The van der Waals surface area contributed by atoms with Gasteiger partial charge in [-0.3, -0.25) is 4.79 Å². The van der Waals surface area contributed by atoms with Gasteiger partial charge in [0.25, 0.3) is 0 Å². The first-order chi connectivity index (χ1) is 5.49. The van der Waals surface area contributed by atoms with Crippen molar-refractivity contribution in [3.63, 3.8) is 0 Å². The molecule has 0 amide bonds. The van der Waals surface area contributed by atoms with Gasteiger partial charge in [-0.05, 0) is 0 Å². The Morgan fingerprint density at radius 3 is 2.08 bits per heavy atom. The fourth-order valence-electron chi connectivity index (χ4n) is 1.03. The summed E-state index contributed by atoms with van der Waals surface area (Å²) >= 11 is 4.14. The van der Waals surface area contributed by atoms with E-state index in [0.29, 0.717) is 11.8 Å². The minimum absolute atomic E-state index is 0.0895. The number of thiol groups is 1. The number of nitrogens with one attached hydrogen (secondary N) is 1. The monoisotopic (exact) mass is 189 g/mol. The van der Waals surface area contributed by atoms with Crippen LogP contribution in [0.15, 0.2) is 0 Å². The first kappa shape index (κ1) is 12.0. The van der Waals surface area contributed by atoms with E-state index < -0.39 is 0 Å². The highest BCUT2D eigenvalue weighted by Gasteiger charge is 2.19. The summed E-state index contributed by atoms with van der Waals surface area (Å²) in [5.41, 5.74) is 0. The zero-order valence-electron chi connectivity index (χ0n) is 8.29. The number of Topliss-reactive ketones (excluding diaryl/α,β-unsaturated/α-hetero) is 1. The Hall–Kier alpha value is -0.0200. The molecule has 0 rings (SSSR count). The molecule has 0 aliphatic heterocycles. The predicted molar refractivity (Wildman–Crippen MR) is 55.8 cm³/mol. The molecule has 1 N–H and O–H groups in total. The normalized spacial score (nSPS) is 13.9. The fourth-order valence-corrected chi connectivity index (χ4v) is 1.31. The van der Waals surface area contributed by atoms with E-state index >= 15 is 0 Å². The van der Waals surface area contributed by atoms with E-state index in [1.54, 1.807) is 0 Å². The maximum Gasteiger partial charge on any atom is 0.153 e. The van der Waals surface area contributed by atoms with Crippen LogP contribution in [0.5, 0.6) is 0 Å². The van der Waals surface area contributed by atoms with Crippen molar-refractivity contribution in [3.05, 3.63) is 0 Å². The molecule has 0 aliphatic carbocycles. The minimum Gasteiger partial charge on any atom is -0.305 e. The fraction of sp³-hybridized carbons (Fsp3) is 0.889. The average Bonchev–Trinajstić information content (AvgIpc) is 1.98. The molecule has 0 bridgehead atoms. The summed E-state index contributed by atoms with van der Waals surface area (Å²) in [5, 5.41) is 3.18. The van der Waals surface area contributed by atoms with E-state index in [4.69, 9.17) is 0 Å². The second-order valence-electron chi connectivity index (χ2n) is 3.61. The molecule has 0 aromatic heterocycles. The van der Waals surface area contributed by atoms with Gasteiger partial charge < -0.3 is 5.32 Å². The van der Waals surface area contributed by atoms with Gasteiger partial charge in [-0.25, -0.2) is 0 Å². The lowest BCUT2D eigenvalue weighted by atomic mass is 10.0. The average molecular weight is 189 g/mol. The molecule has 12 heavy (non-hydrogen) atoms. The third-order valence-corrected chi connectivity index (χ3v) is 1.99. The molecule has 72 valence electrons. The minimum atomic E-state index is -0.0895. The number of carbonyl (C=O) groups is 1. The Kier molecular flexibility index (Phi) is 5.59. The summed E-state index contributed by atoms with van der Waals surface area (Å²) in [6, 6.07) is 0.248. The van der Waals surface area contributed by atoms with Gasteiger partial charge in [0.1, 0.15) is 0 Å². The maximum absolute atomic E-state index is 11.5. The van der Waals surface area contributed by atoms with Crippen molar-refractivity contribution in [2.24, 2.45) is 5.92 Å². The summed E-state index contributed by atoms with van der Waals surface area (Å²) in [7, 11) is 0. The van der Waals surface area contributed by atoms with Crippen LogP contribution in [0.2, 0.25) is 0 Å². The molecule has 1 atom stereocenters. The summed E-state index contributed by atoms with van der Waals surface area (Å²) < 4.78 is 0. The Morgan fingerprint density at radius 1 is 1.33 bits per heavy atom. The van der Waals surface area contributed by atoms with E-state index in [-0.39, 0.29) is 17.7 Å². The molecule has 0 saturated carbocycles. The second kappa shape index (κ2) is 5.60. The first-order valence-electron chi connectivity index (χ1n) is 4.39. The molecular formula is C9H19NOS. The zero-order valence-corrected chi connectivity index (χ0v) is 9.19. The molecule has 0 heterocycles. The summed E-state index contributed by atoms with van der Waals surface area (Å²) in [4.78, 5) is 11.5. The molecule has 0 unspecified atom stereocenters. The largest absolute Gasteiger partial charge is 0.305 e. The molecular weight excluding hydrogens is 170 g/mol. The summed E-state index contributed by atoms with van der Waals surface area (Å²) in [6.45, 7) is 7.90. The van der Waals surface area contributed by atoms with Crippen LogP contribution in [0, 0.1) is 5.92 Å². The molecule has 0 saturated heterocycles. The van der Waals surface area contributed by atoms with Crippen molar-refractivity contribution >= 4 is 18.4 Å². The van der Waals surface area contributed by atoms with E-state index in [1.165, 1.54) is 0 Å². The lowest BCUT2D eigenvalue weighted by Gasteiger charge is -2.19. The van der Waals surface area contributed by atoms with Gasteiger partial charge in [-0.15, -0.1) is 0 Å². The quantitative estimate of drug-likeness (QED) is 0.642. The molecule has 3 heteroatoms. The highest BCUT2D eigenvalue weighted by molar-refractivity contribution is 7.80. The Balaban J connectivity index is 4.06. The number of hydrogen-bond acceptors (Lipinski definition) is 3. The molecule has 0 spiro atoms. The van der Waals surface area contributed by atoms with Gasteiger partial charge in [0, 0.05) is 17.7 Å². The third kappa shape index (κ3) is 4.12. The van der Waals surface area contributed by atoms with E-state index in [1.807, 2.05) is 27.7 Å². The van der Waals surface area contributed by atoms with Crippen LogP contribution in [0.1, 0.15) is 27.7 Å². The van der Waals surface area contributed by atoms with Crippen LogP contribution < -0.4 is 5.32 Å². The van der Waals surface area contributed by atoms with E-state index in [9.17, 15) is 4.79 Å². The van der Waals surface area contributed by atoms with Crippen LogP contribution in [-0.2, 0) is 4.79 Å². The predicted octanol–water partition coefficient (Wildman–Crippen LogP) is 1.51. The number of ketones is 1. The van der Waals surface area contributed by atoms with Crippen molar-refractivity contribution in [3.8, 4) is 0 Å². The smallest absolute Gasteiger partial charge is 0.153 e. The lowest BCUT2D eigenvalue weighted by Crippen LogP contribution is -2.44. The Labute approximate surface area is 80.5 Å². The van der Waals surface area contributed by atoms with Gasteiger partial charge in [-0.2, -0.15) is 12.6 Å². The van der Waals surface area contributed by atoms with E-state index in [0.717, 1.165) is 0 Å². The Morgan fingerprint density at radius 2 is 1.83 bits per heavy atom. The number of carbonyl (C=O) groups excluding carboxylic acids is 1. The standard InChI is InChI=1S/C9H19NOS/c1-6(2)9(11)8(5-12)10-7(3)4/h6-8,10,12H,5H2,1-4H3/t8-/m1/s1. The van der Waals surface area contributed by atoms with Crippen molar-refractivity contribution < 1.29 is 4.79 Å². The van der Waals surface area contributed by atoms with Crippen LogP contribution in [0.25, 0.3) is 0 Å². The van der Waals surface area contributed by atoms with E-state index in [2.05, 4.69) is 17.9 Å². The van der Waals surface area contributed by atoms with Crippen molar-refractivity contribution in [2.45, 2.75) is 39.8 Å². The van der Waals surface area contributed by atoms with Crippen LogP contribution >= 0.6 is 12.6 Å². The Bertz CT molecular complexity index is 145. The molecule has 0 radical (unpaired) electrons. The molecule has 0 aromatic carbocycles. The zero-order chi connectivity index (χ0) is 9.72. The van der Waals surface area contributed by atoms with Crippen molar-refractivity contribution in [2.75, 3.05) is 5.75 Å². The highest BCUT2D eigenvalue weighted by Crippen LogP contribution is 2.02. The van der Waals surface area contributed by atoms with Gasteiger partial charge >= 0.3 is 0 Å². The van der Waals surface area contributed by atoms with Gasteiger partial charge in [-0.1, -0.05) is 27.7 Å².